The zero-order chi connectivity index (χ0) is 28.9. The fourth-order valence-corrected chi connectivity index (χ4v) is 4.96. The second-order valence-electron chi connectivity index (χ2n) is 10.3. The highest BCUT2D eigenvalue weighted by Gasteiger charge is 2.23. The number of anilines is 1. The van der Waals surface area contributed by atoms with E-state index in [1.807, 2.05) is 73.3 Å². The van der Waals surface area contributed by atoms with Gasteiger partial charge in [0.15, 0.2) is 5.88 Å². The minimum atomic E-state index is -0.464. The summed E-state index contributed by atoms with van der Waals surface area (Å²) in [7, 11) is 0. The number of nitrogens with one attached hydrogen (secondary N) is 1. The topological polar surface area (TPSA) is 124 Å². The average molecular weight is 556 g/mol. The van der Waals surface area contributed by atoms with Crippen LogP contribution in [-0.2, 0) is 9.53 Å². The maximum absolute atomic E-state index is 13.1. The van der Waals surface area contributed by atoms with Crippen molar-refractivity contribution in [1.29, 1.82) is 0 Å². The summed E-state index contributed by atoms with van der Waals surface area (Å²) in [6.45, 7) is 8.22. The van der Waals surface area contributed by atoms with Crippen molar-refractivity contribution < 1.29 is 19.6 Å². The fraction of sp³-hybridized carbons (Fsp3) is 0.290. The number of nitro benzene ring substituents is 1. The van der Waals surface area contributed by atoms with Gasteiger partial charge in [0.2, 0.25) is 5.91 Å². The van der Waals surface area contributed by atoms with E-state index in [4.69, 9.17) is 9.73 Å². The lowest BCUT2D eigenvalue weighted by atomic mass is 10.0. The number of H-pyrrole nitrogens is 1. The molecule has 10 nitrogen and oxygen atoms in total. The smallest absolute Gasteiger partial charge is 0.270 e. The molecule has 1 amide bonds. The maximum atomic E-state index is 13.1. The van der Waals surface area contributed by atoms with Gasteiger partial charge in [-0.2, -0.15) is 0 Å². The van der Waals surface area contributed by atoms with Crippen LogP contribution in [-0.4, -0.2) is 70.9 Å². The molecule has 0 saturated carbocycles. The van der Waals surface area contributed by atoms with Crippen LogP contribution in [0.1, 0.15) is 25.0 Å². The van der Waals surface area contributed by atoms with Crippen LogP contribution in [0, 0.1) is 16.0 Å². The Balaban J connectivity index is 1.51. The van der Waals surface area contributed by atoms with Gasteiger partial charge in [-0.05, 0) is 30.3 Å². The average Bonchev–Trinajstić information content (AvgIpc) is 3.32. The Hall–Kier alpha value is -4.54. The summed E-state index contributed by atoms with van der Waals surface area (Å²) in [5, 5.41) is 22.9. The van der Waals surface area contributed by atoms with Crippen LogP contribution in [0.3, 0.4) is 0 Å². The number of aliphatic imine (C=N–C) groups is 1. The molecule has 10 heteroatoms. The van der Waals surface area contributed by atoms with Crippen molar-refractivity contribution in [2.75, 3.05) is 44.3 Å². The number of ether oxygens (including phenoxy) is 1. The van der Waals surface area contributed by atoms with Gasteiger partial charge in [-0.1, -0.05) is 44.2 Å². The molecule has 2 heterocycles. The Labute approximate surface area is 238 Å². The van der Waals surface area contributed by atoms with Crippen LogP contribution in [0.25, 0.3) is 10.9 Å². The third-order valence-electron chi connectivity index (χ3n) is 7.16. The molecule has 41 heavy (non-hydrogen) atoms. The predicted molar refractivity (Wildman–Crippen MR) is 159 cm³/mol. The van der Waals surface area contributed by atoms with Gasteiger partial charge in [-0.15, -0.1) is 0 Å². The Bertz CT molecular complexity index is 1560. The van der Waals surface area contributed by atoms with Crippen LogP contribution in [0.5, 0.6) is 5.88 Å². The number of amides is 1. The summed E-state index contributed by atoms with van der Waals surface area (Å²) in [6.07, 6.45) is 0. The first-order valence-corrected chi connectivity index (χ1v) is 13.7. The van der Waals surface area contributed by atoms with E-state index in [-0.39, 0.29) is 23.4 Å². The lowest BCUT2D eigenvalue weighted by Gasteiger charge is -2.31. The Kier molecular flexibility index (Phi) is 8.42. The number of carbonyl (C=O) groups excluding carboxylic acids is 1. The SMILES string of the molecule is CC(C)C(=O)N(CCN1CCOCC1)c1ccc(N=C(c2ccccc2)c2c(O)[nH]c3ccc([N+](=O)[O-])cc23)cc1. The quantitative estimate of drug-likeness (QED) is 0.165. The molecule has 5 rings (SSSR count). The number of benzene rings is 3. The molecular weight excluding hydrogens is 522 g/mol. The number of hydrogen-bond acceptors (Lipinski definition) is 7. The van der Waals surface area contributed by atoms with E-state index >= 15 is 0 Å². The van der Waals surface area contributed by atoms with Crippen molar-refractivity contribution in [2.24, 2.45) is 10.9 Å². The molecule has 4 aromatic rings. The number of non-ortho nitro benzene ring substituents is 1. The zero-order valence-electron chi connectivity index (χ0n) is 23.1. The number of rotatable bonds is 9. The van der Waals surface area contributed by atoms with Crippen LogP contribution < -0.4 is 4.90 Å². The summed E-state index contributed by atoms with van der Waals surface area (Å²) < 4.78 is 5.45. The van der Waals surface area contributed by atoms with Crippen LogP contribution in [0.4, 0.5) is 17.1 Å². The molecule has 0 unspecified atom stereocenters. The Morgan fingerprint density at radius 1 is 1.10 bits per heavy atom. The third-order valence-corrected chi connectivity index (χ3v) is 7.16. The molecule has 0 radical (unpaired) electrons. The predicted octanol–water partition coefficient (Wildman–Crippen LogP) is 5.27. The third kappa shape index (κ3) is 6.29. The molecule has 212 valence electrons. The number of carbonyl (C=O) groups is 1. The number of fused-ring (bicyclic) bond motifs is 1. The van der Waals surface area contributed by atoms with Crippen molar-refractivity contribution in [3.63, 3.8) is 0 Å². The molecule has 2 N–H and O–H groups in total. The van der Waals surface area contributed by atoms with Gasteiger partial charge >= 0.3 is 0 Å². The van der Waals surface area contributed by atoms with Gasteiger partial charge in [0.05, 0.1) is 35.1 Å². The first-order valence-electron chi connectivity index (χ1n) is 13.7. The van der Waals surface area contributed by atoms with E-state index < -0.39 is 4.92 Å². The zero-order valence-corrected chi connectivity index (χ0v) is 23.1. The van der Waals surface area contributed by atoms with Gasteiger partial charge in [0.1, 0.15) is 0 Å². The standard InChI is InChI=1S/C31H33N5O5/c1-21(2)31(38)35(15-14-34-16-18-41-19-17-34)24-10-8-23(9-11-24)32-29(22-6-4-3-5-7-22)28-26-20-25(36(39)40)12-13-27(26)33-30(28)37/h3-13,20-21,33,37H,14-19H2,1-2H3. The van der Waals surface area contributed by atoms with E-state index in [9.17, 15) is 20.0 Å². The highest BCUT2D eigenvalue weighted by molar-refractivity contribution is 6.22. The van der Waals surface area contributed by atoms with E-state index in [1.165, 1.54) is 12.1 Å². The number of nitro groups is 1. The van der Waals surface area contributed by atoms with E-state index in [0.29, 0.717) is 47.6 Å². The number of aromatic nitrogens is 1. The first-order chi connectivity index (χ1) is 19.8. The molecule has 3 aromatic carbocycles. The number of hydrogen-bond donors (Lipinski definition) is 2. The molecule has 0 aliphatic carbocycles. The number of aromatic amines is 1. The molecule has 0 bridgehead atoms. The summed E-state index contributed by atoms with van der Waals surface area (Å²) in [4.78, 5) is 36.1. The lowest BCUT2D eigenvalue weighted by Crippen LogP contribution is -2.44. The Morgan fingerprint density at radius 2 is 1.80 bits per heavy atom. The van der Waals surface area contributed by atoms with Crippen LogP contribution in [0.15, 0.2) is 77.8 Å². The highest BCUT2D eigenvalue weighted by atomic mass is 16.6. The fourth-order valence-electron chi connectivity index (χ4n) is 4.96. The molecule has 1 aliphatic rings. The van der Waals surface area contributed by atoms with E-state index in [2.05, 4.69) is 9.88 Å². The molecule has 1 saturated heterocycles. The van der Waals surface area contributed by atoms with Crippen LogP contribution in [0.2, 0.25) is 0 Å². The minimum Gasteiger partial charge on any atom is -0.494 e. The number of aromatic hydroxyl groups is 1. The molecule has 1 aromatic heterocycles. The molecule has 0 spiro atoms. The summed E-state index contributed by atoms with van der Waals surface area (Å²) in [6, 6.07) is 21.2. The van der Waals surface area contributed by atoms with Crippen molar-refractivity contribution in [1.82, 2.24) is 9.88 Å². The van der Waals surface area contributed by atoms with Crippen molar-refractivity contribution in [2.45, 2.75) is 13.8 Å². The van der Waals surface area contributed by atoms with E-state index in [0.717, 1.165) is 30.9 Å². The van der Waals surface area contributed by atoms with Crippen molar-refractivity contribution >= 4 is 39.6 Å². The van der Waals surface area contributed by atoms with Gasteiger partial charge in [0.25, 0.3) is 5.69 Å². The minimum absolute atomic E-state index is 0.0461. The maximum Gasteiger partial charge on any atom is 0.270 e. The summed E-state index contributed by atoms with van der Waals surface area (Å²) in [5.41, 5.74) is 3.44. The van der Waals surface area contributed by atoms with Crippen molar-refractivity contribution in [3.05, 3.63) is 94.0 Å². The second-order valence-corrected chi connectivity index (χ2v) is 10.3. The van der Waals surface area contributed by atoms with Gasteiger partial charge in [-0.25, -0.2) is 4.99 Å². The van der Waals surface area contributed by atoms with Gasteiger partial charge < -0.3 is 19.7 Å². The molecule has 1 fully saturated rings. The summed E-state index contributed by atoms with van der Waals surface area (Å²) in [5.74, 6) is -0.239. The summed E-state index contributed by atoms with van der Waals surface area (Å²) >= 11 is 0. The van der Waals surface area contributed by atoms with Gasteiger partial charge in [0, 0.05) is 66.4 Å². The normalized spacial score (nSPS) is 14.5. The second kappa shape index (κ2) is 12.3. The van der Waals surface area contributed by atoms with Gasteiger partial charge in [-0.3, -0.25) is 19.8 Å². The van der Waals surface area contributed by atoms with Crippen molar-refractivity contribution in [3.8, 4) is 5.88 Å². The number of morpholine rings is 1. The number of nitrogens with zero attached hydrogens (tertiary/aromatic N) is 4. The molecule has 0 atom stereocenters. The monoisotopic (exact) mass is 555 g/mol. The largest absolute Gasteiger partial charge is 0.494 e. The molecule has 1 aliphatic heterocycles. The van der Waals surface area contributed by atoms with Crippen LogP contribution >= 0.6 is 0 Å². The first kappa shape index (κ1) is 28.0. The molecular formula is C31H33N5O5. The highest BCUT2D eigenvalue weighted by Crippen LogP contribution is 2.34. The van der Waals surface area contributed by atoms with E-state index in [1.54, 1.807) is 6.07 Å². The Morgan fingerprint density at radius 3 is 2.46 bits per heavy atom. The lowest BCUT2D eigenvalue weighted by molar-refractivity contribution is -0.384.